The lowest BCUT2D eigenvalue weighted by atomic mass is 10.1. The Labute approximate surface area is 164 Å². The molecule has 0 unspecified atom stereocenters. The zero-order chi connectivity index (χ0) is 20.1. The second-order valence-electron chi connectivity index (χ2n) is 6.85. The molecule has 5 heteroatoms. The fourth-order valence-electron chi connectivity index (χ4n) is 3.15. The van der Waals surface area contributed by atoms with Crippen LogP contribution in [0.25, 0.3) is 10.9 Å². The quantitative estimate of drug-likeness (QED) is 0.461. The number of aromatic nitrogens is 1. The fourth-order valence-corrected chi connectivity index (χ4v) is 3.15. The molecule has 0 aliphatic carbocycles. The van der Waals surface area contributed by atoms with Crippen LogP contribution >= 0.6 is 0 Å². The van der Waals surface area contributed by atoms with Gasteiger partial charge < -0.3 is 14.5 Å². The number of aryl methyl sites for hydroxylation is 3. The summed E-state index contributed by atoms with van der Waals surface area (Å²) < 4.78 is 10.8. The van der Waals surface area contributed by atoms with Crippen LogP contribution in [-0.2, 0) is 16.0 Å². The van der Waals surface area contributed by atoms with Crippen LogP contribution in [-0.4, -0.2) is 30.0 Å². The number of aromatic amines is 1. The summed E-state index contributed by atoms with van der Waals surface area (Å²) in [6, 6.07) is 11.8. The lowest BCUT2D eigenvalue weighted by Crippen LogP contribution is -2.16. The smallest absolute Gasteiger partial charge is 0.309 e. The number of carbonyl (C=O) groups is 2. The van der Waals surface area contributed by atoms with Crippen LogP contribution in [0, 0.1) is 13.8 Å². The summed E-state index contributed by atoms with van der Waals surface area (Å²) in [4.78, 5) is 27.6. The number of para-hydroxylation sites is 1. The fraction of sp³-hybridized carbons (Fsp3) is 0.304. The van der Waals surface area contributed by atoms with Crippen molar-refractivity contribution in [2.24, 2.45) is 0 Å². The Morgan fingerprint density at radius 2 is 1.93 bits per heavy atom. The van der Waals surface area contributed by atoms with Crippen molar-refractivity contribution in [1.82, 2.24) is 4.98 Å². The molecule has 0 bridgehead atoms. The van der Waals surface area contributed by atoms with E-state index in [2.05, 4.69) is 11.9 Å². The first-order valence-corrected chi connectivity index (χ1v) is 9.47. The lowest BCUT2D eigenvalue weighted by molar-refractivity contribution is -0.143. The first-order chi connectivity index (χ1) is 13.5. The van der Waals surface area contributed by atoms with E-state index in [0.29, 0.717) is 5.56 Å². The summed E-state index contributed by atoms with van der Waals surface area (Å²) in [5, 5.41) is 0.860. The summed E-state index contributed by atoms with van der Waals surface area (Å²) in [5.74, 6) is 0.0884. The number of ether oxygens (including phenoxy) is 2. The number of Topliss-reactive ketones (excluding diaryl/α,β-unsaturated/α-hetero) is 1. The van der Waals surface area contributed by atoms with Crippen LogP contribution in [0.15, 0.2) is 42.6 Å². The molecule has 3 aromatic rings. The van der Waals surface area contributed by atoms with Gasteiger partial charge in [-0.15, -0.1) is 0 Å². The highest BCUT2D eigenvalue weighted by molar-refractivity contribution is 6.09. The third kappa shape index (κ3) is 4.42. The van der Waals surface area contributed by atoms with Gasteiger partial charge in [-0.05, 0) is 43.0 Å². The van der Waals surface area contributed by atoms with Crippen molar-refractivity contribution in [2.45, 2.75) is 33.6 Å². The van der Waals surface area contributed by atoms with E-state index in [0.717, 1.165) is 39.8 Å². The molecule has 3 rings (SSSR count). The number of hydrogen-bond acceptors (Lipinski definition) is 4. The van der Waals surface area contributed by atoms with Gasteiger partial charge in [-0.1, -0.05) is 37.3 Å². The van der Waals surface area contributed by atoms with Crippen molar-refractivity contribution in [3.63, 3.8) is 0 Å². The Kier molecular flexibility index (Phi) is 6.14. The largest absolute Gasteiger partial charge is 0.493 e. The molecule has 0 saturated carbocycles. The molecule has 0 saturated heterocycles. The molecule has 0 spiro atoms. The van der Waals surface area contributed by atoms with E-state index in [1.807, 2.05) is 50.2 Å². The first kappa shape index (κ1) is 19.7. The molecular weight excluding hydrogens is 354 g/mol. The SMILES string of the molecule is CCc1cccc2c(C(=O)COC(=O)CCOc3cc(C)ccc3C)c[nH]c12. The molecule has 2 aromatic carbocycles. The maximum Gasteiger partial charge on any atom is 0.309 e. The summed E-state index contributed by atoms with van der Waals surface area (Å²) in [6.07, 6.45) is 2.65. The van der Waals surface area contributed by atoms with E-state index in [1.54, 1.807) is 6.20 Å². The van der Waals surface area contributed by atoms with Gasteiger partial charge in [0.25, 0.3) is 0 Å². The second kappa shape index (κ2) is 8.74. The van der Waals surface area contributed by atoms with Gasteiger partial charge in [0.2, 0.25) is 5.78 Å². The number of nitrogens with one attached hydrogen (secondary N) is 1. The second-order valence-corrected chi connectivity index (χ2v) is 6.85. The zero-order valence-corrected chi connectivity index (χ0v) is 16.5. The Morgan fingerprint density at radius 3 is 2.71 bits per heavy atom. The number of carbonyl (C=O) groups excluding carboxylic acids is 2. The number of H-pyrrole nitrogens is 1. The Balaban J connectivity index is 1.52. The number of benzene rings is 2. The maximum absolute atomic E-state index is 12.5. The number of fused-ring (bicyclic) bond motifs is 1. The number of rotatable bonds is 8. The van der Waals surface area contributed by atoms with Crippen LogP contribution in [0.1, 0.15) is 40.4 Å². The van der Waals surface area contributed by atoms with Gasteiger partial charge in [0, 0.05) is 22.7 Å². The molecule has 28 heavy (non-hydrogen) atoms. The van der Waals surface area contributed by atoms with Gasteiger partial charge in [-0.2, -0.15) is 0 Å². The molecule has 0 fully saturated rings. The molecule has 1 heterocycles. The van der Waals surface area contributed by atoms with Crippen molar-refractivity contribution < 1.29 is 19.1 Å². The summed E-state index contributed by atoms with van der Waals surface area (Å²) in [6.45, 7) is 5.95. The highest BCUT2D eigenvalue weighted by Crippen LogP contribution is 2.23. The van der Waals surface area contributed by atoms with Gasteiger partial charge in [0.1, 0.15) is 5.75 Å². The van der Waals surface area contributed by atoms with Gasteiger partial charge in [0.05, 0.1) is 13.0 Å². The number of esters is 1. The van der Waals surface area contributed by atoms with Crippen molar-refractivity contribution in [2.75, 3.05) is 13.2 Å². The minimum absolute atomic E-state index is 0.0918. The molecule has 0 radical (unpaired) electrons. The third-order valence-electron chi connectivity index (χ3n) is 4.75. The first-order valence-electron chi connectivity index (χ1n) is 9.47. The highest BCUT2D eigenvalue weighted by atomic mass is 16.5. The van der Waals surface area contributed by atoms with Gasteiger partial charge >= 0.3 is 5.97 Å². The van der Waals surface area contributed by atoms with Gasteiger partial charge in [0.15, 0.2) is 6.61 Å². The van der Waals surface area contributed by atoms with Crippen LogP contribution in [0.5, 0.6) is 5.75 Å². The van der Waals surface area contributed by atoms with Crippen molar-refractivity contribution in [1.29, 1.82) is 0 Å². The van der Waals surface area contributed by atoms with E-state index in [-0.39, 0.29) is 25.4 Å². The van der Waals surface area contributed by atoms with E-state index >= 15 is 0 Å². The zero-order valence-electron chi connectivity index (χ0n) is 16.5. The van der Waals surface area contributed by atoms with Crippen molar-refractivity contribution in [3.8, 4) is 5.75 Å². The predicted octanol–water partition coefficient (Wildman–Crippen LogP) is 4.54. The highest BCUT2D eigenvalue weighted by Gasteiger charge is 2.15. The summed E-state index contributed by atoms with van der Waals surface area (Å²) >= 11 is 0. The topological polar surface area (TPSA) is 68.4 Å². The molecule has 5 nitrogen and oxygen atoms in total. The number of hydrogen-bond donors (Lipinski definition) is 1. The van der Waals surface area contributed by atoms with Crippen LogP contribution in [0.4, 0.5) is 0 Å². The van der Waals surface area contributed by atoms with E-state index < -0.39 is 5.97 Å². The van der Waals surface area contributed by atoms with Gasteiger partial charge in [-0.25, -0.2) is 0 Å². The van der Waals surface area contributed by atoms with Crippen molar-refractivity contribution in [3.05, 3.63) is 64.8 Å². The molecule has 0 amide bonds. The number of ketones is 1. The van der Waals surface area contributed by atoms with Crippen LogP contribution in [0.2, 0.25) is 0 Å². The normalized spacial score (nSPS) is 10.8. The molecule has 1 aromatic heterocycles. The average Bonchev–Trinajstić information content (AvgIpc) is 3.13. The molecule has 1 N–H and O–H groups in total. The molecular formula is C23H25NO4. The molecule has 0 aliphatic rings. The van der Waals surface area contributed by atoms with E-state index in [1.165, 1.54) is 0 Å². The van der Waals surface area contributed by atoms with Crippen molar-refractivity contribution >= 4 is 22.7 Å². The minimum atomic E-state index is -0.451. The maximum atomic E-state index is 12.5. The molecule has 146 valence electrons. The Hall–Kier alpha value is -3.08. The Bertz CT molecular complexity index is 1000. The lowest BCUT2D eigenvalue weighted by Gasteiger charge is -2.09. The summed E-state index contributed by atoms with van der Waals surface area (Å²) in [5.41, 5.74) is 4.77. The van der Waals surface area contributed by atoms with Crippen LogP contribution in [0.3, 0.4) is 0 Å². The average molecular weight is 379 g/mol. The summed E-state index contributed by atoms with van der Waals surface area (Å²) in [7, 11) is 0. The predicted molar refractivity (Wildman–Crippen MR) is 109 cm³/mol. The molecule has 0 atom stereocenters. The molecule has 0 aliphatic heterocycles. The van der Waals surface area contributed by atoms with E-state index in [4.69, 9.17) is 9.47 Å². The Morgan fingerprint density at radius 1 is 1.11 bits per heavy atom. The van der Waals surface area contributed by atoms with Gasteiger partial charge in [-0.3, -0.25) is 9.59 Å². The third-order valence-corrected chi connectivity index (χ3v) is 4.75. The van der Waals surface area contributed by atoms with Crippen LogP contribution < -0.4 is 4.74 Å². The monoisotopic (exact) mass is 379 g/mol. The standard InChI is InChI=1S/C23H25NO4/c1-4-17-6-5-7-18-19(13-24-23(17)18)20(25)14-28-22(26)10-11-27-21-12-15(2)8-9-16(21)3/h5-9,12-13,24H,4,10-11,14H2,1-3H3. The van der Waals surface area contributed by atoms with E-state index in [9.17, 15) is 9.59 Å². The minimum Gasteiger partial charge on any atom is -0.493 e.